The molecule has 1 aromatic rings. The molecule has 0 spiro atoms. The summed E-state index contributed by atoms with van der Waals surface area (Å²) in [5.41, 5.74) is 0.444. The van der Waals surface area contributed by atoms with Crippen molar-refractivity contribution in [1.29, 1.82) is 0 Å². The van der Waals surface area contributed by atoms with Crippen molar-refractivity contribution in [1.82, 2.24) is 10.2 Å². The summed E-state index contributed by atoms with van der Waals surface area (Å²) in [6.07, 6.45) is 0. The number of nitrogens with zero attached hydrogens (tertiary/aromatic N) is 1. The van der Waals surface area contributed by atoms with E-state index in [4.69, 9.17) is 4.74 Å². The van der Waals surface area contributed by atoms with E-state index in [0.717, 1.165) is 0 Å². The topological polar surface area (TPSA) is 58.6 Å². The molecule has 138 valence electrons. The maximum absolute atomic E-state index is 13.2. The summed E-state index contributed by atoms with van der Waals surface area (Å²) in [4.78, 5) is 27.6. The highest BCUT2D eigenvalue weighted by atomic mass is 32.2. The van der Waals surface area contributed by atoms with Gasteiger partial charge in [0.25, 0.3) is 5.91 Å². The molecule has 2 atom stereocenters. The molecule has 1 N–H and O–H groups in total. The Morgan fingerprint density at radius 2 is 1.84 bits per heavy atom. The van der Waals surface area contributed by atoms with E-state index >= 15 is 0 Å². The lowest BCUT2D eigenvalue weighted by Crippen LogP contribution is -2.53. The van der Waals surface area contributed by atoms with E-state index in [1.807, 2.05) is 13.8 Å². The van der Waals surface area contributed by atoms with Crippen LogP contribution in [0, 0.1) is 5.41 Å². The Morgan fingerprint density at radius 3 is 2.32 bits per heavy atom. The van der Waals surface area contributed by atoms with Crippen LogP contribution in [0.25, 0.3) is 0 Å². The second-order valence-corrected chi connectivity index (χ2v) is 8.78. The van der Waals surface area contributed by atoms with Crippen LogP contribution in [-0.4, -0.2) is 47.0 Å². The number of hydrogen-bond donors (Lipinski definition) is 1. The summed E-state index contributed by atoms with van der Waals surface area (Å²) in [6.45, 7) is 10.2. The molecule has 2 unspecified atom stereocenters. The molecule has 6 heteroatoms. The number of rotatable bonds is 4. The van der Waals surface area contributed by atoms with Crippen LogP contribution >= 0.6 is 11.8 Å². The zero-order chi connectivity index (χ0) is 18.8. The van der Waals surface area contributed by atoms with Crippen LogP contribution in [0.5, 0.6) is 5.75 Å². The second kappa shape index (κ2) is 7.68. The van der Waals surface area contributed by atoms with Gasteiger partial charge in [0.05, 0.1) is 12.5 Å². The lowest BCUT2D eigenvalue weighted by Gasteiger charge is -2.36. The molecule has 1 aliphatic rings. The molecule has 1 aliphatic heterocycles. The highest BCUT2D eigenvalue weighted by Gasteiger charge is 2.46. The fraction of sp³-hybridized carbons (Fsp3) is 0.579. The van der Waals surface area contributed by atoms with Gasteiger partial charge >= 0.3 is 0 Å². The largest absolute Gasteiger partial charge is 0.497 e. The smallest absolute Gasteiger partial charge is 0.255 e. The van der Waals surface area contributed by atoms with Gasteiger partial charge in [-0.1, -0.05) is 20.8 Å². The highest BCUT2D eigenvalue weighted by Crippen LogP contribution is 2.41. The summed E-state index contributed by atoms with van der Waals surface area (Å²) in [5, 5.41) is 2.89. The van der Waals surface area contributed by atoms with E-state index in [-0.39, 0.29) is 28.6 Å². The lowest BCUT2D eigenvalue weighted by atomic mass is 9.94. The number of methoxy groups -OCH3 is 1. The fourth-order valence-electron chi connectivity index (χ4n) is 2.89. The van der Waals surface area contributed by atoms with Crippen LogP contribution in [0.15, 0.2) is 24.3 Å². The minimum Gasteiger partial charge on any atom is -0.497 e. The van der Waals surface area contributed by atoms with Gasteiger partial charge in [-0.3, -0.25) is 9.59 Å². The van der Waals surface area contributed by atoms with E-state index in [9.17, 15) is 9.59 Å². The number of ether oxygens (including phenoxy) is 1. The van der Waals surface area contributed by atoms with Gasteiger partial charge in [0.15, 0.2) is 0 Å². The first-order valence-electron chi connectivity index (χ1n) is 8.54. The van der Waals surface area contributed by atoms with Crippen molar-refractivity contribution < 1.29 is 14.3 Å². The van der Waals surface area contributed by atoms with Crippen molar-refractivity contribution in [2.75, 3.05) is 12.9 Å². The van der Waals surface area contributed by atoms with E-state index in [2.05, 4.69) is 26.1 Å². The molecule has 25 heavy (non-hydrogen) atoms. The van der Waals surface area contributed by atoms with Crippen LogP contribution in [-0.2, 0) is 4.79 Å². The van der Waals surface area contributed by atoms with Crippen molar-refractivity contribution in [2.45, 2.75) is 52.1 Å². The van der Waals surface area contributed by atoms with Crippen LogP contribution in [0.1, 0.15) is 45.0 Å². The first-order chi connectivity index (χ1) is 11.6. The summed E-state index contributed by atoms with van der Waals surface area (Å²) in [7, 11) is 1.59. The van der Waals surface area contributed by atoms with Crippen LogP contribution in [0.2, 0.25) is 0 Å². The summed E-state index contributed by atoms with van der Waals surface area (Å²) in [5.74, 6) is 1.11. The molecule has 0 aromatic heterocycles. The number of nitrogens with one attached hydrogen (secondary N) is 1. The summed E-state index contributed by atoms with van der Waals surface area (Å²) in [6, 6.07) is 6.63. The van der Waals surface area contributed by atoms with Gasteiger partial charge in [0.2, 0.25) is 5.91 Å². The van der Waals surface area contributed by atoms with E-state index in [1.54, 1.807) is 48.0 Å². The molecule has 1 aromatic carbocycles. The SMILES string of the molecule is COc1ccc(C(=O)N2C(C(=O)NC(C)C)CSC2C(C)(C)C)cc1. The maximum Gasteiger partial charge on any atom is 0.255 e. The summed E-state index contributed by atoms with van der Waals surface area (Å²) < 4.78 is 5.16. The van der Waals surface area contributed by atoms with Gasteiger partial charge in [-0.05, 0) is 43.5 Å². The average Bonchev–Trinajstić information content (AvgIpc) is 2.99. The zero-order valence-electron chi connectivity index (χ0n) is 15.8. The molecule has 5 nitrogen and oxygen atoms in total. The Labute approximate surface area is 154 Å². The maximum atomic E-state index is 13.2. The minimum atomic E-state index is -0.453. The normalized spacial score (nSPS) is 20.7. The molecule has 2 amide bonds. The average molecular weight is 365 g/mol. The Bertz CT molecular complexity index is 623. The Balaban J connectivity index is 2.33. The Kier molecular flexibility index (Phi) is 6.03. The Hall–Kier alpha value is -1.69. The standard InChI is InChI=1S/C19H28N2O3S/c1-12(2)20-16(22)15-11-25-18(19(3,4)5)21(15)17(23)13-7-9-14(24-6)10-8-13/h7-10,12,15,18H,11H2,1-6H3,(H,20,22). The molecule has 0 aliphatic carbocycles. The summed E-state index contributed by atoms with van der Waals surface area (Å²) >= 11 is 1.67. The molecule has 1 heterocycles. The van der Waals surface area contributed by atoms with E-state index in [0.29, 0.717) is 17.1 Å². The van der Waals surface area contributed by atoms with Crippen molar-refractivity contribution in [2.24, 2.45) is 5.41 Å². The molecule has 0 bridgehead atoms. The molecule has 1 saturated heterocycles. The first-order valence-corrected chi connectivity index (χ1v) is 9.58. The van der Waals surface area contributed by atoms with Gasteiger partial charge in [-0.25, -0.2) is 0 Å². The number of carbonyl (C=O) groups is 2. The number of thioether (sulfide) groups is 1. The molecule has 0 radical (unpaired) electrons. The van der Waals surface area contributed by atoms with Crippen molar-refractivity contribution in [3.05, 3.63) is 29.8 Å². The fourth-order valence-corrected chi connectivity index (χ4v) is 4.47. The van der Waals surface area contributed by atoms with Crippen LogP contribution < -0.4 is 10.1 Å². The van der Waals surface area contributed by atoms with E-state index in [1.165, 1.54) is 0 Å². The van der Waals surface area contributed by atoms with Gasteiger partial charge < -0.3 is 15.0 Å². The predicted octanol–water partition coefficient (Wildman–Crippen LogP) is 3.15. The minimum absolute atomic E-state index is 0.0455. The number of benzene rings is 1. The number of amides is 2. The number of hydrogen-bond acceptors (Lipinski definition) is 4. The molecule has 2 rings (SSSR count). The predicted molar refractivity (Wildman–Crippen MR) is 102 cm³/mol. The molecular weight excluding hydrogens is 336 g/mol. The van der Waals surface area contributed by atoms with Gasteiger partial charge in [0.1, 0.15) is 11.8 Å². The van der Waals surface area contributed by atoms with Crippen LogP contribution in [0.3, 0.4) is 0 Å². The third kappa shape index (κ3) is 4.48. The quantitative estimate of drug-likeness (QED) is 0.892. The third-order valence-corrected chi connectivity index (χ3v) is 5.80. The van der Waals surface area contributed by atoms with Gasteiger partial charge in [-0.2, -0.15) is 0 Å². The lowest BCUT2D eigenvalue weighted by molar-refractivity contribution is -0.125. The molecule has 1 fully saturated rings. The van der Waals surface area contributed by atoms with Crippen LogP contribution in [0.4, 0.5) is 0 Å². The zero-order valence-corrected chi connectivity index (χ0v) is 16.6. The molecular formula is C19H28N2O3S. The number of carbonyl (C=O) groups excluding carboxylic acids is 2. The van der Waals surface area contributed by atoms with Crippen molar-refractivity contribution >= 4 is 23.6 Å². The van der Waals surface area contributed by atoms with Gasteiger partial charge in [-0.15, -0.1) is 11.8 Å². The van der Waals surface area contributed by atoms with Crippen molar-refractivity contribution in [3.8, 4) is 5.75 Å². The third-order valence-electron chi connectivity index (χ3n) is 4.05. The van der Waals surface area contributed by atoms with Gasteiger partial charge in [0, 0.05) is 17.4 Å². The molecule has 0 saturated carbocycles. The highest BCUT2D eigenvalue weighted by molar-refractivity contribution is 8.00. The second-order valence-electron chi connectivity index (χ2n) is 7.67. The first kappa shape index (κ1) is 19.6. The van der Waals surface area contributed by atoms with Crippen molar-refractivity contribution in [3.63, 3.8) is 0 Å². The monoisotopic (exact) mass is 364 g/mol. The Morgan fingerprint density at radius 1 is 1.24 bits per heavy atom. The van der Waals surface area contributed by atoms with E-state index < -0.39 is 6.04 Å².